The lowest BCUT2D eigenvalue weighted by Gasteiger charge is -2.30. The SMILES string of the molecule is CN(CCc1cccs1)CC(C)(N)c1ccccc1. The van der Waals surface area contributed by atoms with Gasteiger partial charge in [-0.05, 0) is 37.4 Å². The lowest BCUT2D eigenvalue weighted by molar-refractivity contribution is 0.262. The van der Waals surface area contributed by atoms with Crippen LogP contribution in [-0.2, 0) is 12.0 Å². The van der Waals surface area contributed by atoms with E-state index in [-0.39, 0.29) is 5.54 Å². The monoisotopic (exact) mass is 274 g/mol. The van der Waals surface area contributed by atoms with Crippen LogP contribution in [0.5, 0.6) is 0 Å². The van der Waals surface area contributed by atoms with Crippen molar-refractivity contribution < 1.29 is 0 Å². The highest BCUT2D eigenvalue weighted by Gasteiger charge is 2.22. The largest absolute Gasteiger partial charge is 0.321 e. The highest BCUT2D eigenvalue weighted by atomic mass is 32.1. The third-order valence-corrected chi connectivity index (χ3v) is 4.29. The first-order valence-electron chi connectivity index (χ1n) is 6.63. The minimum Gasteiger partial charge on any atom is -0.321 e. The second-order valence-electron chi connectivity index (χ2n) is 5.35. The zero-order chi connectivity index (χ0) is 13.7. The first-order valence-corrected chi connectivity index (χ1v) is 7.51. The minimum atomic E-state index is -0.300. The summed E-state index contributed by atoms with van der Waals surface area (Å²) >= 11 is 1.82. The summed E-state index contributed by atoms with van der Waals surface area (Å²) in [5.41, 5.74) is 7.34. The van der Waals surface area contributed by atoms with Crippen LogP contribution in [0.1, 0.15) is 17.4 Å². The maximum Gasteiger partial charge on any atom is 0.0509 e. The molecule has 0 radical (unpaired) electrons. The molecule has 1 unspecified atom stereocenters. The normalized spacial score (nSPS) is 14.5. The van der Waals surface area contributed by atoms with Crippen LogP contribution in [0, 0.1) is 0 Å². The molecule has 0 bridgehead atoms. The van der Waals surface area contributed by atoms with Gasteiger partial charge in [-0.2, -0.15) is 0 Å². The number of hydrogen-bond acceptors (Lipinski definition) is 3. The van der Waals surface area contributed by atoms with Gasteiger partial charge in [0.15, 0.2) is 0 Å². The van der Waals surface area contributed by atoms with Crippen LogP contribution in [0.25, 0.3) is 0 Å². The average molecular weight is 274 g/mol. The van der Waals surface area contributed by atoms with Crippen LogP contribution in [0.15, 0.2) is 47.8 Å². The lowest BCUT2D eigenvalue weighted by Crippen LogP contribution is -2.44. The Morgan fingerprint density at radius 3 is 2.53 bits per heavy atom. The molecule has 0 saturated heterocycles. The molecule has 2 rings (SSSR count). The van der Waals surface area contributed by atoms with Crippen molar-refractivity contribution in [3.63, 3.8) is 0 Å². The summed E-state index contributed by atoms with van der Waals surface area (Å²) in [5.74, 6) is 0. The molecule has 0 saturated carbocycles. The number of rotatable bonds is 6. The van der Waals surface area contributed by atoms with E-state index in [1.165, 1.54) is 10.4 Å². The molecule has 0 fully saturated rings. The maximum absolute atomic E-state index is 6.45. The Labute approximate surface area is 119 Å². The van der Waals surface area contributed by atoms with Crippen molar-refractivity contribution in [3.05, 3.63) is 58.3 Å². The van der Waals surface area contributed by atoms with Crippen molar-refractivity contribution in [2.24, 2.45) is 5.73 Å². The number of nitrogens with zero attached hydrogens (tertiary/aromatic N) is 1. The topological polar surface area (TPSA) is 29.3 Å². The van der Waals surface area contributed by atoms with Gasteiger partial charge in [0.25, 0.3) is 0 Å². The first kappa shape index (κ1) is 14.3. The molecule has 0 aliphatic rings. The summed E-state index contributed by atoms with van der Waals surface area (Å²) in [5, 5.41) is 2.13. The van der Waals surface area contributed by atoms with Gasteiger partial charge in [0.05, 0.1) is 5.54 Å². The van der Waals surface area contributed by atoms with Crippen LogP contribution in [0.3, 0.4) is 0 Å². The fourth-order valence-electron chi connectivity index (χ4n) is 2.31. The highest BCUT2D eigenvalue weighted by molar-refractivity contribution is 7.09. The van der Waals surface area contributed by atoms with Gasteiger partial charge in [-0.1, -0.05) is 36.4 Å². The number of likely N-dealkylation sites (N-methyl/N-ethyl adjacent to an activating group) is 1. The van der Waals surface area contributed by atoms with Crippen LogP contribution < -0.4 is 5.73 Å². The molecule has 1 heterocycles. The maximum atomic E-state index is 6.45. The van der Waals surface area contributed by atoms with Crippen LogP contribution >= 0.6 is 11.3 Å². The summed E-state index contributed by atoms with van der Waals surface area (Å²) in [7, 11) is 2.14. The molecule has 0 spiro atoms. The Morgan fingerprint density at radius 2 is 1.89 bits per heavy atom. The quantitative estimate of drug-likeness (QED) is 0.877. The van der Waals surface area contributed by atoms with E-state index in [9.17, 15) is 0 Å². The minimum absolute atomic E-state index is 0.300. The summed E-state index contributed by atoms with van der Waals surface area (Å²) in [4.78, 5) is 3.75. The van der Waals surface area contributed by atoms with Crippen LogP contribution in [0.2, 0.25) is 0 Å². The van der Waals surface area contributed by atoms with Crippen molar-refractivity contribution in [1.82, 2.24) is 4.90 Å². The van der Waals surface area contributed by atoms with Crippen molar-refractivity contribution >= 4 is 11.3 Å². The van der Waals surface area contributed by atoms with Crippen molar-refractivity contribution in [1.29, 1.82) is 0 Å². The predicted octanol–water partition coefficient (Wildman–Crippen LogP) is 3.10. The van der Waals surface area contributed by atoms with Crippen molar-refractivity contribution in [2.45, 2.75) is 18.9 Å². The third-order valence-electron chi connectivity index (χ3n) is 3.35. The molecule has 19 heavy (non-hydrogen) atoms. The van der Waals surface area contributed by atoms with E-state index in [1.54, 1.807) is 0 Å². The summed E-state index contributed by atoms with van der Waals surface area (Å²) < 4.78 is 0. The van der Waals surface area contributed by atoms with E-state index >= 15 is 0 Å². The lowest BCUT2D eigenvalue weighted by atomic mass is 9.93. The molecule has 2 N–H and O–H groups in total. The van der Waals surface area contributed by atoms with E-state index in [0.29, 0.717) is 0 Å². The van der Waals surface area contributed by atoms with E-state index in [0.717, 1.165) is 19.5 Å². The molecule has 0 aliphatic carbocycles. The van der Waals surface area contributed by atoms with Crippen molar-refractivity contribution in [3.8, 4) is 0 Å². The zero-order valence-electron chi connectivity index (χ0n) is 11.7. The molecule has 3 heteroatoms. The Kier molecular flexibility index (Phi) is 4.75. The molecule has 2 aromatic rings. The zero-order valence-corrected chi connectivity index (χ0v) is 12.5. The molecule has 0 aliphatic heterocycles. The van der Waals surface area contributed by atoms with Gasteiger partial charge < -0.3 is 10.6 Å². The Morgan fingerprint density at radius 1 is 1.16 bits per heavy atom. The van der Waals surface area contributed by atoms with Gasteiger partial charge in [0.2, 0.25) is 0 Å². The highest BCUT2D eigenvalue weighted by Crippen LogP contribution is 2.18. The predicted molar refractivity (Wildman–Crippen MR) is 83.5 cm³/mol. The molecule has 2 nitrogen and oxygen atoms in total. The van der Waals surface area contributed by atoms with Crippen LogP contribution in [0.4, 0.5) is 0 Å². The molecular weight excluding hydrogens is 252 g/mol. The molecule has 1 atom stereocenters. The summed E-state index contributed by atoms with van der Waals surface area (Å²) in [6.45, 7) is 4.01. The van der Waals surface area contributed by atoms with Crippen LogP contribution in [-0.4, -0.2) is 25.0 Å². The van der Waals surface area contributed by atoms with Gasteiger partial charge in [0, 0.05) is 18.0 Å². The fourth-order valence-corrected chi connectivity index (χ4v) is 3.00. The number of benzene rings is 1. The smallest absolute Gasteiger partial charge is 0.0509 e. The van der Waals surface area contributed by atoms with E-state index < -0.39 is 0 Å². The molecule has 1 aromatic carbocycles. The number of hydrogen-bond donors (Lipinski definition) is 1. The number of thiophene rings is 1. The Bertz CT molecular complexity index is 477. The van der Waals surface area contributed by atoms with Gasteiger partial charge in [0.1, 0.15) is 0 Å². The molecular formula is C16H22N2S. The second kappa shape index (κ2) is 6.33. The number of nitrogens with two attached hydrogens (primary N) is 1. The van der Waals surface area contributed by atoms with Gasteiger partial charge >= 0.3 is 0 Å². The molecule has 1 aromatic heterocycles. The van der Waals surface area contributed by atoms with Crippen molar-refractivity contribution in [2.75, 3.05) is 20.1 Å². The molecule has 102 valence electrons. The average Bonchev–Trinajstić information content (AvgIpc) is 2.90. The standard InChI is InChI=1S/C16H22N2S/c1-16(17,14-7-4-3-5-8-14)13-18(2)11-10-15-9-6-12-19-15/h3-9,12H,10-11,13,17H2,1-2H3. The first-order chi connectivity index (χ1) is 9.08. The molecule has 0 amide bonds. The van der Waals surface area contributed by atoms with Gasteiger partial charge in [-0.15, -0.1) is 11.3 Å². The van der Waals surface area contributed by atoms with E-state index in [4.69, 9.17) is 5.73 Å². The third kappa shape index (κ3) is 4.16. The van der Waals surface area contributed by atoms with E-state index in [2.05, 4.69) is 48.5 Å². The Balaban J connectivity index is 1.89. The van der Waals surface area contributed by atoms with Gasteiger partial charge in [-0.25, -0.2) is 0 Å². The van der Waals surface area contributed by atoms with Gasteiger partial charge in [-0.3, -0.25) is 0 Å². The Hall–Kier alpha value is -1.16. The summed E-state index contributed by atoms with van der Waals surface area (Å²) in [6.07, 6.45) is 1.10. The van der Waals surface area contributed by atoms with E-state index in [1.807, 2.05) is 29.5 Å². The fraction of sp³-hybridized carbons (Fsp3) is 0.375. The second-order valence-corrected chi connectivity index (χ2v) is 6.38. The summed E-state index contributed by atoms with van der Waals surface area (Å²) in [6, 6.07) is 14.6.